The quantitative estimate of drug-likeness (QED) is 0.748. The monoisotopic (exact) mass is 276 g/mol. The van der Waals surface area contributed by atoms with Crippen molar-refractivity contribution in [2.45, 2.75) is 26.2 Å². The second-order valence-electron chi connectivity index (χ2n) is 4.51. The fourth-order valence-electron chi connectivity index (χ4n) is 2.28. The molecule has 0 fully saturated rings. The zero-order valence-corrected chi connectivity index (χ0v) is 11.7. The Labute approximate surface area is 118 Å². The molecule has 3 aromatic rings. The molecule has 5 heteroatoms. The van der Waals surface area contributed by atoms with Crippen LogP contribution in [0.25, 0.3) is 21.9 Å². The molecule has 0 aliphatic rings. The summed E-state index contributed by atoms with van der Waals surface area (Å²) >= 11 is 0. The lowest BCUT2D eigenvalue weighted by Crippen LogP contribution is -2.12. The van der Waals surface area contributed by atoms with E-state index in [9.17, 15) is 0 Å². The summed E-state index contributed by atoms with van der Waals surface area (Å²) < 4.78 is 1.72. The van der Waals surface area contributed by atoms with E-state index in [0.29, 0.717) is 0 Å². The number of nitrogen functional groups attached to an aromatic ring is 1. The van der Waals surface area contributed by atoms with Crippen molar-refractivity contribution >= 4 is 34.3 Å². The smallest absolute Gasteiger partial charge is 0.128 e. The van der Waals surface area contributed by atoms with Gasteiger partial charge in [0, 0.05) is 11.8 Å². The predicted molar refractivity (Wildman–Crippen MR) is 81.0 cm³/mol. The summed E-state index contributed by atoms with van der Waals surface area (Å²) in [5.74, 6) is 7.11. The van der Waals surface area contributed by atoms with E-state index in [-0.39, 0.29) is 12.4 Å². The van der Waals surface area contributed by atoms with Gasteiger partial charge in [0.05, 0.1) is 11.7 Å². The van der Waals surface area contributed by atoms with Crippen LogP contribution in [0, 0.1) is 0 Å². The number of hydrogen-bond donors (Lipinski definition) is 1. The van der Waals surface area contributed by atoms with Gasteiger partial charge in [-0.3, -0.25) is 4.98 Å². The Bertz CT molecular complexity index is 705. The number of aromatic nitrogens is 3. The van der Waals surface area contributed by atoms with Crippen LogP contribution >= 0.6 is 12.4 Å². The predicted octanol–water partition coefficient (Wildman–Crippen LogP) is 3.06. The topological polar surface area (TPSA) is 56.7 Å². The van der Waals surface area contributed by atoms with Crippen LogP contribution in [0.5, 0.6) is 0 Å². The lowest BCUT2D eigenvalue weighted by molar-refractivity contribution is 0.735. The number of unbranched alkanes of at least 4 members (excludes halogenated alkanes) is 1. The molecule has 2 aromatic heterocycles. The number of rotatable bonds is 3. The Morgan fingerprint density at radius 1 is 1.21 bits per heavy atom. The molecular formula is C14H17ClN4. The number of nitrogens with zero attached hydrogens (tertiary/aromatic N) is 3. The van der Waals surface area contributed by atoms with Crippen LogP contribution in [-0.2, 0) is 6.42 Å². The molecular weight excluding hydrogens is 260 g/mol. The molecule has 0 bridgehead atoms. The molecule has 4 nitrogen and oxygen atoms in total. The zero-order chi connectivity index (χ0) is 12.5. The van der Waals surface area contributed by atoms with Gasteiger partial charge in [0.1, 0.15) is 16.9 Å². The largest absolute Gasteiger partial charge is 0.337 e. The number of imidazole rings is 1. The molecule has 0 atom stereocenters. The molecule has 0 aliphatic heterocycles. The van der Waals surface area contributed by atoms with Crippen molar-refractivity contribution in [3.05, 3.63) is 36.3 Å². The van der Waals surface area contributed by atoms with Gasteiger partial charge in [-0.25, -0.2) is 9.66 Å². The molecule has 3 rings (SSSR count). The third kappa shape index (κ3) is 2.24. The standard InChI is InChI=1S/C14H16N4.ClH/c1-2-3-8-13-17-12-9-16-11-7-5-4-6-10(11)14(12)18(13)15;/h4-7,9H,2-3,8,15H2,1H3;1H. The number of aryl methyl sites for hydroxylation is 1. The first-order chi connectivity index (χ1) is 8.81. The first-order valence-corrected chi connectivity index (χ1v) is 6.31. The van der Waals surface area contributed by atoms with Crippen LogP contribution in [0.2, 0.25) is 0 Å². The summed E-state index contributed by atoms with van der Waals surface area (Å²) in [5, 5.41) is 1.06. The third-order valence-electron chi connectivity index (χ3n) is 3.25. The van der Waals surface area contributed by atoms with Gasteiger partial charge in [-0.1, -0.05) is 31.5 Å². The van der Waals surface area contributed by atoms with Gasteiger partial charge in [0.15, 0.2) is 0 Å². The summed E-state index contributed by atoms with van der Waals surface area (Å²) in [6.45, 7) is 2.17. The molecule has 0 saturated carbocycles. The number of pyridine rings is 1. The van der Waals surface area contributed by atoms with E-state index in [0.717, 1.165) is 47.0 Å². The summed E-state index contributed by atoms with van der Waals surface area (Å²) in [7, 11) is 0. The average Bonchev–Trinajstić information content (AvgIpc) is 2.73. The lowest BCUT2D eigenvalue weighted by Gasteiger charge is -2.03. The van der Waals surface area contributed by atoms with Crippen molar-refractivity contribution in [1.82, 2.24) is 14.6 Å². The molecule has 1 aromatic carbocycles. The second kappa shape index (κ2) is 5.45. The van der Waals surface area contributed by atoms with Gasteiger partial charge >= 0.3 is 0 Å². The van der Waals surface area contributed by atoms with Crippen molar-refractivity contribution < 1.29 is 0 Å². The maximum atomic E-state index is 6.17. The Morgan fingerprint density at radius 2 is 2.00 bits per heavy atom. The van der Waals surface area contributed by atoms with Crippen LogP contribution in [0.15, 0.2) is 30.5 Å². The second-order valence-corrected chi connectivity index (χ2v) is 4.51. The molecule has 2 heterocycles. The lowest BCUT2D eigenvalue weighted by atomic mass is 10.2. The minimum Gasteiger partial charge on any atom is -0.337 e. The maximum absolute atomic E-state index is 6.17. The molecule has 2 N–H and O–H groups in total. The van der Waals surface area contributed by atoms with Gasteiger partial charge < -0.3 is 5.84 Å². The summed E-state index contributed by atoms with van der Waals surface area (Å²) in [6, 6.07) is 8.02. The van der Waals surface area contributed by atoms with Crippen LogP contribution in [0.4, 0.5) is 0 Å². The molecule has 0 saturated heterocycles. The van der Waals surface area contributed by atoms with Crippen LogP contribution in [0.1, 0.15) is 25.6 Å². The number of fused-ring (bicyclic) bond motifs is 3. The summed E-state index contributed by atoms with van der Waals surface area (Å²) in [4.78, 5) is 8.99. The van der Waals surface area contributed by atoms with E-state index >= 15 is 0 Å². The number of para-hydroxylation sites is 1. The molecule has 0 aliphatic carbocycles. The molecule has 0 radical (unpaired) electrons. The highest BCUT2D eigenvalue weighted by Gasteiger charge is 2.11. The average molecular weight is 277 g/mol. The fraction of sp³-hybridized carbons (Fsp3) is 0.286. The first kappa shape index (κ1) is 13.6. The van der Waals surface area contributed by atoms with Gasteiger partial charge in [0.25, 0.3) is 0 Å². The number of halogens is 1. The molecule has 19 heavy (non-hydrogen) atoms. The fourth-order valence-corrected chi connectivity index (χ4v) is 2.28. The SMILES string of the molecule is CCCCc1nc2cnc3ccccc3c2n1N.Cl. The van der Waals surface area contributed by atoms with E-state index in [1.807, 2.05) is 24.3 Å². The first-order valence-electron chi connectivity index (χ1n) is 6.31. The highest BCUT2D eigenvalue weighted by molar-refractivity contribution is 6.02. The van der Waals surface area contributed by atoms with Crippen molar-refractivity contribution in [3.63, 3.8) is 0 Å². The number of benzene rings is 1. The molecule has 0 unspecified atom stereocenters. The Morgan fingerprint density at radius 3 is 2.79 bits per heavy atom. The van der Waals surface area contributed by atoms with Gasteiger partial charge in [-0.2, -0.15) is 0 Å². The normalized spacial score (nSPS) is 10.8. The highest BCUT2D eigenvalue weighted by atomic mass is 35.5. The van der Waals surface area contributed by atoms with Crippen LogP contribution < -0.4 is 5.84 Å². The van der Waals surface area contributed by atoms with Gasteiger partial charge in [0.2, 0.25) is 0 Å². The van der Waals surface area contributed by atoms with E-state index in [4.69, 9.17) is 5.84 Å². The minimum absolute atomic E-state index is 0. The van der Waals surface area contributed by atoms with Crippen molar-refractivity contribution in [1.29, 1.82) is 0 Å². The van der Waals surface area contributed by atoms with E-state index in [1.165, 1.54) is 0 Å². The van der Waals surface area contributed by atoms with Crippen LogP contribution in [-0.4, -0.2) is 14.6 Å². The minimum atomic E-state index is 0. The third-order valence-corrected chi connectivity index (χ3v) is 3.25. The Hall–Kier alpha value is -1.81. The van der Waals surface area contributed by atoms with E-state index in [2.05, 4.69) is 16.9 Å². The van der Waals surface area contributed by atoms with Crippen molar-refractivity contribution in [2.24, 2.45) is 0 Å². The summed E-state index contributed by atoms with van der Waals surface area (Å²) in [6.07, 6.45) is 4.96. The molecule has 0 amide bonds. The summed E-state index contributed by atoms with van der Waals surface area (Å²) in [5.41, 5.74) is 2.81. The molecule has 100 valence electrons. The van der Waals surface area contributed by atoms with Gasteiger partial charge in [-0.15, -0.1) is 12.4 Å². The van der Waals surface area contributed by atoms with Gasteiger partial charge in [-0.05, 0) is 12.5 Å². The highest BCUT2D eigenvalue weighted by Crippen LogP contribution is 2.23. The van der Waals surface area contributed by atoms with Crippen molar-refractivity contribution in [3.8, 4) is 0 Å². The van der Waals surface area contributed by atoms with Crippen molar-refractivity contribution in [2.75, 3.05) is 5.84 Å². The molecule has 0 spiro atoms. The van der Waals surface area contributed by atoms with E-state index < -0.39 is 0 Å². The number of hydrogen-bond acceptors (Lipinski definition) is 3. The maximum Gasteiger partial charge on any atom is 0.128 e. The zero-order valence-electron chi connectivity index (χ0n) is 10.8. The Kier molecular flexibility index (Phi) is 3.90. The Balaban J connectivity index is 0.00000133. The number of nitrogens with two attached hydrogens (primary N) is 1. The van der Waals surface area contributed by atoms with Crippen LogP contribution in [0.3, 0.4) is 0 Å². The van der Waals surface area contributed by atoms with E-state index in [1.54, 1.807) is 10.9 Å².